The lowest BCUT2D eigenvalue weighted by Crippen LogP contribution is -2.25. The Bertz CT molecular complexity index is 839. The van der Waals surface area contributed by atoms with E-state index >= 15 is 0 Å². The summed E-state index contributed by atoms with van der Waals surface area (Å²) < 4.78 is 29.5. The zero-order chi connectivity index (χ0) is 14.3. The molecule has 0 amide bonds. The van der Waals surface area contributed by atoms with Crippen molar-refractivity contribution < 1.29 is 8.78 Å². The monoisotopic (exact) mass is 293 g/mol. The topological polar surface area (TPSA) is 72.5 Å². The first-order chi connectivity index (χ1) is 9.50. The van der Waals surface area contributed by atoms with E-state index in [2.05, 4.69) is 15.2 Å². The first-order valence-corrected chi connectivity index (χ1v) is 6.07. The standard InChI is InChI=1S/C12H9F2N5S/c13-12(14,10-17-18-11(20)19(10)15)8-3-4-9-7(6-8)2-1-5-16-9/h1-6H,15H2,(H,18,20). The maximum Gasteiger partial charge on any atom is 0.333 e. The number of nitrogens with one attached hydrogen (secondary N) is 1. The number of fused-ring (bicyclic) bond motifs is 1. The molecule has 0 saturated carbocycles. The molecule has 2 aromatic heterocycles. The number of pyridine rings is 1. The predicted octanol–water partition coefficient (Wildman–Crippen LogP) is 2.34. The lowest BCUT2D eigenvalue weighted by Gasteiger charge is -2.15. The Morgan fingerprint density at radius 2 is 2.10 bits per heavy atom. The second-order valence-electron chi connectivity index (χ2n) is 4.21. The van der Waals surface area contributed by atoms with E-state index in [0.717, 1.165) is 0 Å². The Hall–Kier alpha value is -2.35. The van der Waals surface area contributed by atoms with Crippen molar-refractivity contribution in [3.63, 3.8) is 0 Å². The SMILES string of the molecule is Nn1c(C(F)(F)c2ccc3ncccc3c2)n[nH]c1=S. The number of nitrogens with zero attached hydrogens (tertiary/aromatic N) is 3. The molecule has 3 rings (SSSR count). The summed E-state index contributed by atoms with van der Waals surface area (Å²) >= 11 is 4.75. The van der Waals surface area contributed by atoms with E-state index in [1.807, 2.05) is 0 Å². The minimum Gasteiger partial charge on any atom is -0.335 e. The number of rotatable bonds is 2. The highest BCUT2D eigenvalue weighted by Crippen LogP contribution is 2.34. The molecule has 0 fully saturated rings. The molecule has 20 heavy (non-hydrogen) atoms. The van der Waals surface area contributed by atoms with Gasteiger partial charge < -0.3 is 5.84 Å². The summed E-state index contributed by atoms with van der Waals surface area (Å²) in [6.45, 7) is 0. The van der Waals surface area contributed by atoms with Gasteiger partial charge in [-0.15, -0.1) is 0 Å². The summed E-state index contributed by atoms with van der Waals surface area (Å²) in [5, 5.41) is 6.36. The van der Waals surface area contributed by atoms with Crippen molar-refractivity contribution in [1.82, 2.24) is 19.9 Å². The molecule has 0 aliphatic rings. The number of aromatic nitrogens is 4. The third-order valence-electron chi connectivity index (χ3n) is 2.95. The largest absolute Gasteiger partial charge is 0.335 e. The van der Waals surface area contributed by atoms with E-state index in [4.69, 9.17) is 18.1 Å². The highest BCUT2D eigenvalue weighted by molar-refractivity contribution is 7.71. The van der Waals surface area contributed by atoms with Gasteiger partial charge in [-0.3, -0.25) is 4.98 Å². The molecule has 102 valence electrons. The fourth-order valence-corrected chi connectivity index (χ4v) is 2.06. The van der Waals surface area contributed by atoms with Crippen LogP contribution in [0.3, 0.4) is 0 Å². The third-order valence-corrected chi connectivity index (χ3v) is 3.24. The van der Waals surface area contributed by atoms with Crippen molar-refractivity contribution in [2.45, 2.75) is 5.92 Å². The summed E-state index contributed by atoms with van der Waals surface area (Å²) in [5.41, 5.74) is 0.414. The minimum absolute atomic E-state index is 0.0675. The van der Waals surface area contributed by atoms with Crippen molar-refractivity contribution in [1.29, 1.82) is 0 Å². The molecular formula is C12H9F2N5S. The molecular weight excluding hydrogens is 284 g/mol. The van der Waals surface area contributed by atoms with Crippen LogP contribution in [0.4, 0.5) is 8.78 Å². The number of alkyl halides is 2. The van der Waals surface area contributed by atoms with Crippen LogP contribution in [0.1, 0.15) is 11.4 Å². The van der Waals surface area contributed by atoms with Crippen molar-refractivity contribution in [3.8, 4) is 0 Å². The van der Waals surface area contributed by atoms with Gasteiger partial charge in [0.1, 0.15) is 0 Å². The summed E-state index contributed by atoms with van der Waals surface area (Å²) in [6, 6.07) is 7.58. The molecule has 5 nitrogen and oxygen atoms in total. The number of nitrogens with two attached hydrogens (primary N) is 1. The molecule has 0 spiro atoms. The highest BCUT2D eigenvalue weighted by atomic mass is 32.1. The summed E-state index contributed by atoms with van der Waals surface area (Å²) in [5.74, 6) is 1.48. The first-order valence-electron chi connectivity index (χ1n) is 5.66. The van der Waals surface area contributed by atoms with Gasteiger partial charge in [-0.1, -0.05) is 12.1 Å². The molecule has 0 unspecified atom stereocenters. The number of nitrogen functional groups attached to an aromatic ring is 1. The average Bonchev–Trinajstić information content (AvgIpc) is 2.79. The average molecular weight is 293 g/mol. The molecule has 8 heteroatoms. The number of aromatic amines is 1. The lowest BCUT2D eigenvalue weighted by molar-refractivity contribution is 0.0303. The number of benzene rings is 1. The van der Waals surface area contributed by atoms with E-state index in [-0.39, 0.29) is 10.3 Å². The van der Waals surface area contributed by atoms with E-state index in [1.54, 1.807) is 18.3 Å². The second-order valence-corrected chi connectivity index (χ2v) is 4.59. The predicted molar refractivity (Wildman–Crippen MR) is 72.3 cm³/mol. The first kappa shape index (κ1) is 12.7. The van der Waals surface area contributed by atoms with Gasteiger partial charge in [-0.25, -0.2) is 9.77 Å². The number of halogens is 2. The van der Waals surface area contributed by atoms with Crippen LogP contribution >= 0.6 is 12.2 Å². The summed E-state index contributed by atoms with van der Waals surface area (Å²) in [6.07, 6.45) is 1.60. The van der Waals surface area contributed by atoms with E-state index in [1.165, 1.54) is 18.2 Å². The second kappa shape index (κ2) is 4.34. The van der Waals surface area contributed by atoms with E-state index in [0.29, 0.717) is 15.6 Å². The Kier molecular flexibility index (Phi) is 2.75. The smallest absolute Gasteiger partial charge is 0.333 e. The lowest BCUT2D eigenvalue weighted by atomic mass is 10.0. The quantitative estimate of drug-likeness (QED) is 0.562. The van der Waals surface area contributed by atoms with Crippen LogP contribution < -0.4 is 5.84 Å². The van der Waals surface area contributed by atoms with Gasteiger partial charge in [0.05, 0.1) is 5.52 Å². The molecule has 0 atom stereocenters. The van der Waals surface area contributed by atoms with Gasteiger partial charge in [0.25, 0.3) is 0 Å². The summed E-state index contributed by atoms with van der Waals surface area (Å²) in [4.78, 5) is 4.09. The molecule has 1 aromatic carbocycles. The van der Waals surface area contributed by atoms with Gasteiger partial charge in [-0.2, -0.15) is 13.9 Å². The van der Waals surface area contributed by atoms with E-state index in [9.17, 15) is 8.78 Å². The van der Waals surface area contributed by atoms with Gasteiger partial charge >= 0.3 is 5.92 Å². The molecule has 0 aliphatic carbocycles. The Balaban J connectivity index is 2.18. The Labute approximate surface area is 117 Å². The van der Waals surface area contributed by atoms with Crippen LogP contribution in [0.25, 0.3) is 10.9 Å². The summed E-state index contributed by atoms with van der Waals surface area (Å²) in [7, 11) is 0. The molecule has 0 saturated heterocycles. The van der Waals surface area contributed by atoms with Crippen LogP contribution in [0.5, 0.6) is 0 Å². The fraction of sp³-hybridized carbons (Fsp3) is 0.0833. The Morgan fingerprint density at radius 1 is 1.30 bits per heavy atom. The number of hydrogen-bond donors (Lipinski definition) is 2. The van der Waals surface area contributed by atoms with Crippen molar-refractivity contribution in [2.24, 2.45) is 0 Å². The normalized spacial score (nSPS) is 11.9. The van der Waals surface area contributed by atoms with Crippen LogP contribution in [0.15, 0.2) is 36.5 Å². The molecule has 3 aromatic rings. The zero-order valence-electron chi connectivity index (χ0n) is 10.0. The molecule has 0 aliphatic heterocycles. The molecule has 0 bridgehead atoms. The van der Waals surface area contributed by atoms with E-state index < -0.39 is 11.7 Å². The third kappa shape index (κ3) is 1.85. The van der Waals surface area contributed by atoms with Gasteiger partial charge in [0, 0.05) is 17.1 Å². The number of hydrogen-bond acceptors (Lipinski definition) is 4. The van der Waals surface area contributed by atoms with Crippen LogP contribution in [-0.2, 0) is 5.92 Å². The van der Waals surface area contributed by atoms with Crippen molar-refractivity contribution >= 4 is 23.1 Å². The molecule has 3 N–H and O–H groups in total. The fourth-order valence-electron chi connectivity index (χ4n) is 1.93. The Morgan fingerprint density at radius 3 is 2.80 bits per heavy atom. The molecule has 0 radical (unpaired) electrons. The zero-order valence-corrected chi connectivity index (χ0v) is 10.9. The van der Waals surface area contributed by atoms with Crippen molar-refractivity contribution in [3.05, 3.63) is 52.7 Å². The van der Waals surface area contributed by atoms with Gasteiger partial charge in [-0.05, 0) is 30.4 Å². The molecule has 2 heterocycles. The maximum atomic E-state index is 14.4. The number of H-pyrrole nitrogens is 1. The van der Waals surface area contributed by atoms with Crippen LogP contribution in [-0.4, -0.2) is 19.9 Å². The minimum atomic E-state index is -3.35. The van der Waals surface area contributed by atoms with Gasteiger partial charge in [0.15, 0.2) is 0 Å². The van der Waals surface area contributed by atoms with Crippen molar-refractivity contribution in [2.75, 3.05) is 5.84 Å². The van der Waals surface area contributed by atoms with Crippen LogP contribution in [0.2, 0.25) is 0 Å². The highest BCUT2D eigenvalue weighted by Gasteiger charge is 2.39. The van der Waals surface area contributed by atoms with Gasteiger partial charge in [0.2, 0.25) is 10.6 Å². The maximum absolute atomic E-state index is 14.4. The van der Waals surface area contributed by atoms with Crippen LogP contribution in [0, 0.1) is 4.77 Å².